The van der Waals surface area contributed by atoms with Crippen LogP contribution in [0.1, 0.15) is 41.6 Å². The van der Waals surface area contributed by atoms with Crippen molar-refractivity contribution in [1.29, 1.82) is 0 Å². The highest BCUT2D eigenvalue weighted by molar-refractivity contribution is 5.96. The molecular formula is C15H25N3O3. The predicted octanol–water partition coefficient (Wildman–Crippen LogP) is 1.29. The Morgan fingerprint density at radius 1 is 1.48 bits per heavy atom. The number of ether oxygens (including phenoxy) is 1. The van der Waals surface area contributed by atoms with E-state index in [0.29, 0.717) is 36.6 Å². The number of nitrogens with one attached hydrogen (secondary N) is 2. The maximum Gasteiger partial charge on any atom is 0.256 e. The Morgan fingerprint density at radius 3 is 2.81 bits per heavy atom. The third-order valence-electron chi connectivity index (χ3n) is 4.22. The van der Waals surface area contributed by atoms with E-state index in [0.717, 1.165) is 25.9 Å². The Kier molecular flexibility index (Phi) is 5.36. The number of aromatic nitrogens is 1. The lowest BCUT2D eigenvalue weighted by Gasteiger charge is -2.37. The summed E-state index contributed by atoms with van der Waals surface area (Å²) in [5.41, 5.74) is 1.25. The van der Waals surface area contributed by atoms with Crippen molar-refractivity contribution in [1.82, 2.24) is 15.8 Å². The molecule has 1 amide bonds. The number of amides is 1. The molecular weight excluding hydrogens is 270 g/mol. The van der Waals surface area contributed by atoms with Crippen molar-refractivity contribution in [2.24, 2.45) is 5.41 Å². The standard InChI is InChI=1S/C15H25N3O3/c1-4-12-13(11(2)18-21-12)14(19)17-9-15(10-20-3)5-7-16-8-6-15/h16H,4-10H2,1-3H3,(H,17,19). The Labute approximate surface area is 125 Å². The summed E-state index contributed by atoms with van der Waals surface area (Å²) in [6.07, 6.45) is 2.67. The predicted molar refractivity (Wildman–Crippen MR) is 79.4 cm³/mol. The third kappa shape index (κ3) is 3.63. The largest absolute Gasteiger partial charge is 0.384 e. The second kappa shape index (κ2) is 7.04. The lowest BCUT2D eigenvalue weighted by molar-refractivity contribution is 0.0511. The molecule has 0 spiro atoms. The van der Waals surface area contributed by atoms with E-state index < -0.39 is 0 Å². The number of methoxy groups -OCH3 is 1. The molecule has 0 aromatic carbocycles. The summed E-state index contributed by atoms with van der Waals surface area (Å²) in [4.78, 5) is 12.4. The summed E-state index contributed by atoms with van der Waals surface area (Å²) in [6, 6.07) is 0. The number of nitrogens with zero attached hydrogens (tertiary/aromatic N) is 1. The Balaban J connectivity index is 2.03. The van der Waals surface area contributed by atoms with Crippen molar-refractivity contribution in [3.05, 3.63) is 17.0 Å². The smallest absolute Gasteiger partial charge is 0.256 e. The molecule has 118 valence electrons. The second-order valence-corrected chi connectivity index (χ2v) is 5.79. The van der Waals surface area contributed by atoms with Gasteiger partial charge in [0.1, 0.15) is 11.3 Å². The lowest BCUT2D eigenvalue weighted by Crippen LogP contribution is -2.47. The molecule has 6 nitrogen and oxygen atoms in total. The molecule has 1 aliphatic heterocycles. The molecule has 0 radical (unpaired) electrons. The first-order chi connectivity index (χ1) is 10.1. The molecule has 0 aliphatic carbocycles. The van der Waals surface area contributed by atoms with Crippen LogP contribution in [0.5, 0.6) is 0 Å². The van der Waals surface area contributed by atoms with Crippen LogP contribution < -0.4 is 10.6 Å². The molecule has 2 rings (SSSR count). The van der Waals surface area contributed by atoms with Gasteiger partial charge in [-0.25, -0.2) is 0 Å². The molecule has 1 saturated heterocycles. The second-order valence-electron chi connectivity index (χ2n) is 5.79. The molecule has 2 heterocycles. The van der Waals surface area contributed by atoms with Crippen LogP contribution in [0.3, 0.4) is 0 Å². The highest BCUT2D eigenvalue weighted by Crippen LogP contribution is 2.28. The first-order valence-electron chi connectivity index (χ1n) is 7.55. The number of hydrogen-bond acceptors (Lipinski definition) is 5. The fraction of sp³-hybridized carbons (Fsp3) is 0.733. The van der Waals surface area contributed by atoms with E-state index in [2.05, 4.69) is 15.8 Å². The molecule has 1 fully saturated rings. The number of carbonyl (C=O) groups is 1. The van der Waals surface area contributed by atoms with E-state index in [9.17, 15) is 4.79 Å². The number of hydrogen-bond donors (Lipinski definition) is 2. The van der Waals surface area contributed by atoms with Crippen LogP contribution in [0.15, 0.2) is 4.52 Å². The van der Waals surface area contributed by atoms with Gasteiger partial charge in [-0.1, -0.05) is 12.1 Å². The van der Waals surface area contributed by atoms with Gasteiger partial charge in [0.25, 0.3) is 5.91 Å². The first-order valence-corrected chi connectivity index (χ1v) is 7.55. The Hall–Kier alpha value is -1.40. The first kappa shape index (κ1) is 16.0. The van der Waals surface area contributed by atoms with Crippen LogP contribution in [0.4, 0.5) is 0 Å². The van der Waals surface area contributed by atoms with Crippen molar-refractivity contribution in [3.8, 4) is 0 Å². The third-order valence-corrected chi connectivity index (χ3v) is 4.22. The van der Waals surface area contributed by atoms with E-state index in [4.69, 9.17) is 9.26 Å². The summed E-state index contributed by atoms with van der Waals surface area (Å²) < 4.78 is 10.6. The molecule has 1 aliphatic rings. The van der Waals surface area contributed by atoms with Crippen molar-refractivity contribution >= 4 is 5.91 Å². The fourth-order valence-corrected chi connectivity index (χ4v) is 2.94. The van der Waals surface area contributed by atoms with E-state index in [1.807, 2.05) is 6.92 Å². The topological polar surface area (TPSA) is 76.4 Å². The number of piperidine rings is 1. The minimum Gasteiger partial charge on any atom is -0.384 e. The Bertz CT molecular complexity index is 473. The van der Waals surface area contributed by atoms with E-state index in [-0.39, 0.29) is 11.3 Å². The summed E-state index contributed by atoms with van der Waals surface area (Å²) in [5, 5.41) is 10.3. The molecule has 0 saturated carbocycles. The molecule has 1 aromatic heterocycles. The Morgan fingerprint density at radius 2 is 2.19 bits per heavy atom. The van der Waals surface area contributed by atoms with Gasteiger partial charge in [0, 0.05) is 25.5 Å². The highest BCUT2D eigenvalue weighted by atomic mass is 16.5. The molecule has 21 heavy (non-hydrogen) atoms. The summed E-state index contributed by atoms with van der Waals surface area (Å²) in [7, 11) is 1.71. The van der Waals surface area contributed by atoms with Gasteiger partial charge in [-0.2, -0.15) is 0 Å². The van der Waals surface area contributed by atoms with Crippen LogP contribution >= 0.6 is 0 Å². The van der Waals surface area contributed by atoms with Gasteiger partial charge in [0.05, 0.1) is 12.3 Å². The van der Waals surface area contributed by atoms with E-state index in [1.54, 1.807) is 14.0 Å². The van der Waals surface area contributed by atoms with Crippen molar-refractivity contribution in [2.75, 3.05) is 33.4 Å². The maximum absolute atomic E-state index is 12.4. The van der Waals surface area contributed by atoms with E-state index in [1.165, 1.54) is 0 Å². The normalized spacial score (nSPS) is 17.7. The SMILES string of the molecule is CCc1onc(C)c1C(=O)NCC1(COC)CCNCC1. The van der Waals surface area contributed by atoms with Crippen LogP contribution in [0, 0.1) is 12.3 Å². The van der Waals surface area contributed by atoms with Gasteiger partial charge >= 0.3 is 0 Å². The fourth-order valence-electron chi connectivity index (χ4n) is 2.94. The minimum absolute atomic E-state index is 0.0209. The number of aryl methyl sites for hydroxylation is 2. The van der Waals surface area contributed by atoms with Crippen molar-refractivity contribution in [3.63, 3.8) is 0 Å². The monoisotopic (exact) mass is 295 g/mol. The van der Waals surface area contributed by atoms with Crippen molar-refractivity contribution in [2.45, 2.75) is 33.1 Å². The van der Waals surface area contributed by atoms with Crippen molar-refractivity contribution < 1.29 is 14.1 Å². The van der Waals surface area contributed by atoms with Gasteiger partial charge < -0.3 is 19.9 Å². The van der Waals surface area contributed by atoms with Gasteiger partial charge in [0.2, 0.25) is 0 Å². The summed E-state index contributed by atoms with van der Waals surface area (Å²) in [5.74, 6) is 0.552. The van der Waals surface area contributed by atoms with Gasteiger partial charge in [-0.15, -0.1) is 0 Å². The molecule has 6 heteroatoms. The molecule has 0 unspecified atom stereocenters. The zero-order chi connectivity index (χ0) is 15.3. The maximum atomic E-state index is 12.4. The molecule has 1 aromatic rings. The quantitative estimate of drug-likeness (QED) is 0.827. The van der Waals surface area contributed by atoms with Gasteiger partial charge in [0.15, 0.2) is 0 Å². The molecule has 0 atom stereocenters. The molecule has 2 N–H and O–H groups in total. The van der Waals surface area contributed by atoms with Crippen LogP contribution in [0.25, 0.3) is 0 Å². The zero-order valence-electron chi connectivity index (χ0n) is 13.1. The highest BCUT2D eigenvalue weighted by Gasteiger charge is 2.33. The zero-order valence-corrected chi connectivity index (χ0v) is 13.1. The van der Waals surface area contributed by atoms with Gasteiger partial charge in [-0.3, -0.25) is 4.79 Å². The van der Waals surface area contributed by atoms with Crippen LogP contribution in [-0.4, -0.2) is 44.4 Å². The minimum atomic E-state index is -0.0976. The molecule has 0 bridgehead atoms. The van der Waals surface area contributed by atoms with Crippen LogP contribution in [-0.2, 0) is 11.2 Å². The number of carbonyl (C=O) groups excluding carboxylic acids is 1. The summed E-state index contributed by atoms with van der Waals surface area (Å²) >= 11 is 0. The number of rotatable bonds is 6. The van der Waals surface area contributed by atoms with Crippen LogP contribution in [0.2, 0.25) is 0 Å². The average molecular weight is 295 g/mol. The van der Waals surface area contributed by atoms with E-state index >= 15 is 0 Å². The van der Waals surface area contributed by atoms with Gasteiger partial charge in [-0.05, 0) is 32.9 Å². The average Bonchev–Trinajstić information content (AvgIpc) is 2.87. The summed E-state index contributed by atoms with van der Waals surface area (Å²) in [6.45, 7) is 6.97. The lowest BCUT2D eigenvalue weighted by atomic mass is 9.79.